The number of aliphatic imine (C=N–C) groups is 1. The molecule has 5 rings (SSSR count). The fraction of sp³-hybridized carbons (Fsp3) is 0.207. The Balaban J connectivity index is 1.71. The van der Waals surface area contributed by atoms with Crippen molar-refractivity contribution in [2.24, 2.45) is 10.7 Å². The molecule has 2 heterocycles. The molecule has 0 bridgehead atoms. The number of hydrogen-bond acceptors (Lipinski definition) is 4. The van der Waals surface area contributed by atoms with Crippen LogP contribution in [0.25, 0.3) is 5.57 Å². The summed E-state index contributed by atoms with van der Waals surface area (Å²) in [4.78, 5) is 8.82. The number of likely N-dealkylation sites (N-methyl/N-ethyl adjacent to an activating group) is 2. The van der Waals surface area contributed by atoms with Crippen molar-refractivity contribution in [3.8, 4) is 0 Å². The number of anilines is 1. The molecule has 2 N–H and O–H groups in total. The predicted octanol–water partition coefficient (Wildman–Crippen LogP) is 4.93. The minimum atomic E-state index is -0.719. The zero-order valence-electron chi connectivity index (χ0n) is 19.5. The van der Waals surface area contributed by atoms with Crippen LogP contribution in [0.2, 0.25) is 0 Å². The molecule has 33 heavy (non-hydrogen) atoms. The molecule has 4 nitrogen and oxygen atoms in total. The maximum atomic E-state index is 7.39. The number of nitrogens with zero attached hydrogens (tertiary/aromatic N) is 3. The van der Waals surface area contributed by atoms with Gasteiger partial charge in [-0.3, -0.25) is 4.99 Å². The second-order valence-electron chi connectivity index (χ2n) is 9.10. The molecule has 0 spiro atoms. The van der Waals surface area contributed by atoms with E-state index in [1.165, 1.54) is 11.1 Å². The molecule has 2 aliphatic heterocycles. The van der Waals surface area contributed by atoms with E-state index in [9.17, 15) is 0 Å². The van der Waals surface area contributed by atoms with Gasteiger partial charge in [-0.05, 0) is 47.4 Å². The Hall–Kier alpha value is -3.63. The van der Waals surface area contributed by atoms with Crippen LogP contribution in [0.5, 0.6) is 0 Å². The average molecular weight is 435 g/mol. The minimum absolute atomic E-state index is 0.0266. The Kier molecular flexibility index (Phi) is 5.18. The van der Waals surface area contributed by atoms with Crippen LogP contribution in [-0.4, -0.2) is 37.9 Å². The van der Waals surface area contributed by atoms with Crippen LogP contribution in [0.4, 0.5) is 5.69 Å². The molecule has 0 fully saturated rings. The van der Waals surface area contributed by atoms with E-state index in [4.69, 9.17) is 5.73 Å². The van der Waals surface area contributed by atoms with Gasteiger partial charge in [-0.25, -0.2) is 0 Å². The highest BCUT2D eigenvalue weighted by Gasteiger charge is 2.42. The smallest absolute Gasteiger partial charge is 0.0891 e. The van der Waals surface area contributed by atoms with Gasteiger partial charge in [-0.1, -0.05) is 72.8 Å². The van der Waals surface area contributed by atoms with Gasteiger partial charge in [0, 0.05) is 31.0 Å². The highest BCUT2D eigenvalue weighted by molar-refractivity contribution is 5.92. The van der Waals surface area contributed by atoms with Crippen molar-refractivity contribution in [3.63, 3.8) is 0 Å². The van der Waals surface area contributed by atoms with Gasteiger partial charge in [-0.2, -0.15) is 0 Å². The van der Waals surface area contributed by atoms with E-state index in [-0.39, 0.29) is 6.04 Å². The third-order valence-corrected chi connectivity index (χ3v) is 7.04. The third kappa shape index (κ3) is 3.47. The van der Waals surface area contributed by atoms with Gasteiger partial charge in [0.25, 0.3) is 0 Å². The summed E-state index contributed by atoms with van der Waals surface area (Å²) >= 11 is 0. The van der Waals surface area contributed by atoms with Crippen LogP contribution in [0.15, 0.2) is 96.1 Å². The van der Waals surface area contributed by atoms with Crippen molar-refractivity contribution < 1.29 is 0 Å². The number of allylic oxidation sites excluding steroid dienone is 1. The van der Waals surface area contributed by atoms with Crippen molar-refractivity contribution in [2.45, 2.75) is 18.5 Å². The van der Waals surface area contributed by atoms with Crippen molar-refractivity contribution in [1.82, 2.24) is 4.90 Å². The lowest BCUT2D eigenvalue weighted by Crippen LogP contribution is -2.55. The van der Waals surface area contributed by atoms with Gasteiger partial charge in [0.15, 0.2) is 0 Å². The lowest BCUT2D eigenvalue weighted by Gasteiger charge is -2.40. The van der Waals surface area contributed by atoms with Gasteiger partial charge in [0.2, 0.25) is 0 Å². The largest absolute Gasteiger partial charge is 0.359 e. The molecular weight excluding hydrogens is 404 g/mol. The Morgan fingerprint density at radius 1 is 0.970 bits per heavy atom. The molecule has 2 atom stereocenters. The van der Waals surface area contributed by atoms with E-state index in [1.54, 1.807) is 0 Å². The molecule has 2 aliphatic rings. The highest BCUT2D eigenvalue weighted by atomic mass is 15.2. The van der Waals surface area contributed by atoms with Gasteiger partial charge >= 0.3 is 0 Å². The Morgan fingerprint density at radius 2 is 1.67 bits per heavy atom. The summed E-state index contributed by atoms with van der Waals surface area (Å²) in [6.45, 7) is 7.04. The van der Waals surface area contributed by atoms with Crippen LogP contribution in [0.1, 0.15) is 27.8 Å². The van der Waals surface area contributed by atoms with Crippen LogP contribution >= 0.6 is 0 Å². The maximum Gasteiger partial charge on any atom is 0.0891 e. The second kappa shape index (κ2) is 8.05. The molecule has 0 radical (unpaired) electrons. The molecule has 0 saturated carbocycles. The van der Waals surface area contributed by atoms with E-state index >= 15 is 0 Å². The predicted molar refractivity (Wildman–Crippen MR) is 139 cm³/mol. The first kappa shape index (κ1) is 21.2. The number of nitrogens with two attached hydrogens (primary N) is 1. The molecular formula is C29H30N4. The van der Waals surface area contributed by atoms with Crippen LogP contribution < -0.4 is 10.6 Å². The number of fused-ring (bicyclic) bond motifs is 1. The Bertz CT molecular complexity index is 1260. The summed E-state index contributed by atoms with van der Waals surface area (Å²) in [6.07, 6.45) is 4.06. The van der Waals surface area contributed by atoms with Crippen molar-refractivity contribution in [3.05, 3.63) is 119 Å². The van der Waals surface area contributed by atoms with E-state index in [0.29, 0.717) is 6.54 Å². The molecule has 3 aromatic rings. The van der Waals surface area contributed by atoms with Crippen LogP contribution in [0.3, 0.4) is 0 Å². The van der Waals surface area contributed by atoms with Crippen LogP contribution in [0, 0.1) is 6.92 Å². The van der Waals surface area contributed by atoms with Crippen LogP contribution in [-0.2, 0) is 5.54 Å². The zero-order chi connectivity index (χ0) is 23.2. The fourth-order valence-electron chi connectivity index (χ4n) is 4.99. The van der Waals surface area contributed by atoms with E-state index < -0.39 is 5.54 Å². The van der Waals surface area contributed by atoms with Gasteiger partial charge in [0.1, 0.15) is 0 Å². The molecule has 1 unspecified atom stereocenters. The fourth-order valence-corrected chi connectivity index (χ4v) is 4.99. The number of benzene rings is 3. The lowest BCUT2D eigenvalue weighted by atomic mass is 9.75. The molecule has 0 aliphatic carbocycles. The highest BCUT2D eigenvalue weighted by Crippen LogP contribution is 2.42. The standard InChI is InChI=1S/C29H30N4/c1-20-10-12-23(13-11-20)29(30,28-18-31-19-32(28)3)24-14-15-27-26(17-24)25(16-21(2)33(27)4)22-8-6-5-7-9-22/h5-17,19,28H,2,18,30H2,1,3-4H3/t28?,29-/m1/s1. The summed E-state index contributed by atoms with van der Waals surface area (Å²) in [5.41, 5.74) is 15.7. The first-order valence-electron chi connectivity index (χ1n) is 11.3. The van der Waals surface area contributed by atoms with Crippen molar-refractivity contribution >= 4 is 17.6 Å². The van der Waals surface area contributed by atoms with Crippen molar-refractivity contribution in [2.75, 3.05) is 25.5 Å². The Morgan fingerprint density at radius 3 is 2.33 bits per heavy atom. The second-order valence-corrected chi connectivity index (χ2v) is 9.10. The summed E-state index contributed by atoms with van der Waals surface area (Å²) in [5.74, 6) is 0. The topological polar surface area (TPSA) is 44.9 Å². The number of aryl methyl sites for hydroxylation is 1. The summed E-state index contributed by atoms with van der Waals surface area (Å²) in [5, 5.41) is 0. The van der Waals surface area contributed by atoms with E-state index in [1.807, 2.05) is 12.4 Å². The van der Waals surface area contributed by atoms with Gasteiger partial charge in [-0.15, -0.1) is 0 Å². The van der Waals surface area contributed by atoms with E-state index in [0.717, 1.165) is 33.6 Å². The third-order valence-electron chi connectivity index (χ3n) is 7.04. The summed E-state index contributed by atoms with van der Waals surface area (Å²) < 4.78 is 0. The first-order valence-corrected chi connectivity index (χ1v) is 11.3. The monoisotopic (exact) mass is 434 g/mol. The maximum absolute atomic E-state index is 7.39. The molecule has 0 saturated heterocycles. The molecule has 4 heteroatoms. The Labute approximate surface area is 196 Å². The molecule has 3 aromatic carbocycles. The van der Waals surface area contributed by atoms with Crippen molar-refractivity contribution in [1.29, 1.82) is 0 Å². The normalized spacial score (nSPS) is 19.3. The molecule has 166 valence electrons. The summed E-state index contributed by atoms with van der Waals surface area (Å²) in [7, 11) is 4.12. The molecule has 0 aromatic heterocycles. The lowest BCUT2D eigenvalue weighted by molar-refractivity contribution is 0.284. The minimum Gasteiger partial charge on any atom is -0.359 e. The van der Waals surface area contributed by atoms with E-state index in [2.05, 4.69) is 115 Å². The number of hydrogen-bond donors (Lipinski definition) is 1. The SMILES string of the molecule is C=C1C=C(c2ccccc2)c2cc([C@](N)(c3ccc(C)cc3)C3CN=CN3C)ccc2N1C. The van der Waals surface area contributed by atoms with Gasteiger partial charge in [0.05, 0.1) is 24.5 Å². The average Bonchev–Trinajstić information content (AvgIpc) is 3.28. The quantitative estimate of drug-likeness (QED) is 0.633. The number of rotatable bonds is 4. The molecule has 0 amide bonds. The van der Waals surface area contributed by atoms with Gasteiger partial charge < -0.3 is 15.5 Å². The first-order chi connectivity index (χ1) is 15.9. The summed E-state index contributed by atoms with van der Waals surface area (Å²) in [6, 6.07) is 25.7. The zero-order valence-corrected chi connectivity index (χ0v) is 19.5.